The Hall–Kier alpha value is -4.66. The van der Waals surface area contributed by atoms with Crippen LogP contribution in [0.2, 0.25) is 0 Å². The molecule has 9 heteroatoms. The van der Waals surface area contributed by atoms with Crippen LogP contribution < -0.4 is 14.2 Å². The van der Waals surface area contributed by atoms with E-state index in [0.717, 1.165) is 24.7 Å². The third kappa shape index (κ3) is 5.66. The van der Waals surface area contributed by atoms with Crippen LogP contribution in [0, 0.1) is 10.1 Å². The summed E-state index contributed by atoms with van der Waals surface area (Å²) in [5.74, 6) is 0.283. The van der Waals surface area contributed by atoms with E-state index in [1.54, 1.807) is 24.3 Å². The first-order valence-corrected chi connectivity index (χ1v) is 13.5. The monoisotopic (exact) mass is 557 g/mol. The zero-order valence-corrected chi connectivity index (χ0v) is 23.2. The van der Waals surface area contributed by atoms with Crippen molar-refractivity contribution in [3.63, 3.8) is 0 Å². The largest absolute Gasteiger partial charge is 0.496 e. The fourth-order valence-corrected chi connectivity index (χ4v) is 5.46. The van der Waals surface area contributed by atoms with Crippen molar-refractivity contribution in [1.82, 2.24) is 0 Å². The minimum atomic E-state index is -0.763. The first-order chi connectivity index (χ1) is 19.8. The maximum Gasteiger partial charge on any atom is 0.339 e. The molecular weight excluding hydrogens is 526 g/mol. The Morgan fingerprint density at radius 1 is 1.05 bits per heavy atom. The highest BCUT2D eigenvalue weighted by Crippen LogP contribution is 2.49. The highest BCUT2D eigenvalue weighted by Gasteiger charge is 2.31. The number of carbonyl (C=O) groups is 2. The molecule has 9 nitrogen and oxygen atoms in total. The number of fused-ring (bicyclic) bond motifs is 5. The number of allylic oxidation sites excluding steroid dienone is 4. The minimum absolute atomic E-state index is 0.0203. The number of hydrogen-bond acceptors (Lipinski definition) is 8. The van der Waals surface area contributed by atoms with Crippen molar-refractivity contribution in [2.75, 3.05) is 13.9 Å². The molecule has 5 rings (SSSR count). The van der Waals surface area contributed by atoms with Gasteiger partial charge in [-0.1, -0.05) is 35.4 Å². The molecule has 0 aromatic heterocycles. The number of rotatable bonds is 5. The van der Waals surface area contributed by atoms with Crippen LogP contribution in [-0.4, -0.2) is 37.2 Å². The van der Waals surface area contributed by atoms with E-state index in [2.05, 4.69) is 19.1 Å². The topological polar surface area (TPSA) is 114 Å². The Morgan fingerprint density at radius 3 is 2.59 bits per heavy atom. The van der Waals surface area contributed by atoms with Crippen LogP contribution in [0.25, 0.3) is 21.5 Å². The zero-order valence-electron chi connectivity index (χ0n) is 23.2. The molecule has 0 amide bonds. The Balaban J connectivity index is 1.66. The fourth-order valence-electron chi connectivity index (χ4n) is 5.46. The molecule has 1 atom stereocenters. The van der Waals surface area contributed by atoms with E-state index in [4.69, 9.17) is 18.9 Å². The normalized spacial score (nSPS) is 20.1. The molecule has 1 heterocycles. The first-order valence-electron chi connectivity index (χ1n) is 13.5. The predicted octanol–water partition coefficient (Wildman–Crippen LogP) is 7.15. The molecule has 1 aliphatic heterocycles. The second kappa shape index (κ2) is 11.8. The van der Waals surface area contributed by atoms with E-state index >= 15 is 0 Å². The van der Waals surface area contributed by atoms with Crippen molar-refractivity contribution in [2.45, 2.75) is 52.1 Å². The molecule has 3 aromatic rings. The van der Waals surface area contributed by atoms with Crippen LogP contribution >= 0.6 is 0 Å². The summed E-state index contributed by atoms with van der Waals surface area (Å²) in [6, 6.07) is 8.10. The summed E-state index contributed by atoms with van der Waals surface area (Å²) >= 11 is 0. The van der Waals surface area contributed by atoms with Gasteiger partial charge in [0.25, 0.3) is 5.69 Å². The van der Waals surface area contributed by atoms with Crippen molar-refractivity contribution >= 4 is 39.5 Å². The maximum atomic E-state index is 13.9. The van der Waals surface area contributed by atoms with Crippen LogP contribution in [0.15, 0.2) is 65.3 Å². The predicted molar refractivity (Wildman–Crippen MR) is 155 cm³/mol. The fraction of sp³-hybridized carbons (Fsp3) is 0.312. The van der Waals surface area contributed by atoms with Crippen molar-refractivity contribution in [1.29, 1.82) is 0 Å². The third-order valence-electron chi connectivity index (χ3n) is 7.46. The summed E-state index contributed by atoms with van der Waals surface area (Å²) in [5.41, 5.74) is 2.50. The lowest BCUT2D eigenvalue weighted by atomic mass is 9.94. The number of esters is 1. The van der Waals surface area contributed by atoms with E-state index in [9.17, 15) is 19.7 Å². The summed E-state index contributed by atoms with van der Waals surface area (Å²) in [6.07, 6.45) is 9.32. The van der Waals surface area contributed by atoms with E-state index in [1.807, 2.05) is 6.92 Å². The number of nitro benzene ring substituents is 1. The molecule has 0 spiro atoms. The Labute approximate surface area is 237 Å². The number of nitro groups is 1. The van der Waals surface area contributed by atoms with Gasteiger partial charge in [-0.15, -0.1) is 0 Å². The van der Waals surface area contributed by atoms with Crippen LogP contribution in [0.1, 0.15) is 56.3 Å². The molecule has 1 aliphatic carbocycles. The summed E-state index contributed by atoms with van der Waals surface area (Å²) in [6.45, 7) is 3.95. The molecule has 0 bridgehead atoms. The lowest BCUT2D eigenvalue weighted by Gasteiger charge is -2.18. The average Bonchev–Trinajstić information content (AvgIpc) is 3.43. The van der Waals surface area contributed by atoms with Gasteiger partial charge in [-0.25, -0.2) is 4.79 Å². The number of benzene rings is 3. The van der Waals surface area contributed by atoms with Crippen LogP contribution in [-0.2, 0) is 9.53 Å². The number of carbonyl (C=O) groups excluding carboxylic acids is 2. The zero-order chi connectivity index (χ0) is 29.1. The molecule has 0 fully saturated rings. The third-order valence-corrected chi connectivity index (χ3v) is 7.46. The summed E-state index contributed by atoms with van der Waals surface area (Å²) < 4.78 is 22.8. The van der Waals surface area contributed by atoms with Gasteiger partial charge < -0.3 is 18.9 Å². The molecule has 0 N–H and O–H groups in total. The van der Waals surface area contributed by atoms with Gasteiger partial charge in [0.2, 0.25) is 6.79 Å². The molecule has 0 radical (unpaired) electrons. The van der Waals surface area contributed by atoms with Crippen molar-refractivity contribution < 1.29 is 33.5 Å². The van der Waals surface area contributed by atoms with Gasteiger partial charge in [0.15, 0.2) is 11.5 Å². The summed E-state index contributed by atoms with van der Waals surface area (Å²) in [7, 11) is 1.49. The maximum absolute atomic E-state index is 13.9. The molecule has 2 aliphatic rings. The van der Waals surface area contributed by atoms with Gasteiger partial charge in [-0.2, -0.15) is 0 Å². The van der Waals surface area contributed by atoms with Gasteiger partial charge in [0.1, 0.15) is 18.1 Å². The van der Waals surface area contributed by atoms with Crippen LogP contribution in [0.3, 0.4) is 0 Å². The molecule has 0 saturated heterocycles. The van der Waals surface area contributed by atoms with Crippen molar-refractivity contribution in [3.8, 4) is 17.2 Å². The first kappa shape index (κ1) is 27.9. The van der Waals surface area contributed by atoms with E-state index in [0.29, 0.717) is 52.5 Å². The Bertz CT molecular complexity index is 1650. The van der Waals surface area contributed by atoms with E-state index < -0.39 is 17.0 Å². The molecule has 41 heavy (non-hydrogen) atoms. The standard InChI is InChI=1S/C32H31NO8/c1-19-7-4-9-20(2)13-22(14-21(17-34)10-5-8-19)41-32(35)25-16-28-31(40-18-39-28)30-23-11-6-12-27(38-3)24(23)15-26(29(25)30)33(36)37/h6,8-9,11-12,14-17,22H,4-5,7,10,13,18H2,1-3H3/b19-8+,20-9+,21-14?/t22-/m1/s1. The summed E-state index contributed by atoms with van der Waals surface area (Å²) in [5, 5.41) is 13.9. The quantitative estimate of drug-likeness (QED) is 0.0812. The van der Waals surface area contributed by atoms with Gasteiger partial charge in [0.05, 0.1) is 23.0 Å². The SMILES string of the molecule is COc1cccc2c1cc([N+](=O)[O-])c1c(C(=O)O[C@H]3C=C(C=O)CC/C=C(\C)CC/C=C(\C)C3)cc3c(c12)OCO3. The molecule has 0 unspecified atom stereocenters. The number of methoxy groups -OCH3 is 1. The smallest absolute Gasteiger partial charge is 0.339 e. The Kier molecular flexibility index (Phi) is 8.05. The van der Waals surface area contributed by atoms with Crippen molar-refractivity contribution in [3.05, 3.63) is 81.0 Å². The lowest BCUT2D eigenvalue weighted by molar-refractivity contribution is -0.383. The second-order valence-corrected chi connectivity index (χ2v) is 10.3. The van der Waals surface area contributed by atoms with E-state index in [-0.39, 0.29) is 29.2 Å². The number of nitrogens with zero attached hydrogens (tertiary/aromatic N) is 1. The molecular formula is C32H31NO8. The van der Waals surface area contributed by atoms with Gasteiger partial charge in [-0.05, 0) is 68.7 Å². The molecule has 0 saturated carbocycles. The number of hydrogen-bond donors (Lipinski definition) is 0. The summed E-state index contributed by atoms with van der Waals surface area (Å²) in [4.78, 5) is 37.6. The lowest BCUT2D eigenvalue weighted by Crippen LogP contribution is -2.18. The Morgan fingerprint density at radius 2 is 1.83 bits per heavy atom. The van der Waals surface area contributed by atoms with Gasteiger partial charge >= 0.3 is 5.97 Å². The van der Waals surface area contributed by atoms with Crippen molar-refractivity contribution in [2.24, 2.45) is 0 Å². The van der Waals surface area contributed by atoms with Gasteiger partial charge in [-0.3, -0.25) is 14.9 Å². The number of non-ortho nitro benzene ring substituents is 1. The number of ether oxygens (including phenoxy) is 4. The van der Waals surface area contributed by atoms with E-state index in [1.165, 1.54) is 24.8 Å². The highest BCUT2D eigenvalue weighted by molar-refractivity contribution is 6.22. The highest BCUT2D eigenvalue weighted by atomic mass is 16.7. The average molecular weight is 558 g/mol. The van der Waals surface area contributed by atoms with Gasteiger partial charge in [0, 0.05) is 23.3 Å². The molecule has 3 aromatic carbocycles. The van der Waals surface area contributed by atoms with Crippen LogP contribution in [0.4, 0.5) is 5.69 Å². The second-order valence-electron chi connectivity index (χ2n) is 10.3. The molecule has 212 valence electrons. The number of aldehydes is 1. The van der Waals surface area contributed by atoms with Crippen LogP contribution in [0.5, 0.6) is 17.2 Å². The minimum Gasteiger partial charge on any atom is -0.496 e.